The van der Waals surface area contributed by atoms with E-state index in [9.17, 15) is 0 Å². The molecule has 0 aliphatic carbocycles. The first-order chi connectivity index (χ1) is 6.93. The third kappa shape index (κ3) is 4.95. The largest absolute Gasteiger partial charge is 0.367 e. The molecule has 0 bridgehead atoms. The molecule has 0 saturated carbocycles. The lowest BCUT2D eigenvalue weighted by atomic mass is 10.1. The zero-order valence-electron chi connectivity index (χ0n) is 9.13. The Morgan fingerprint density at radius 3 is 2.50 bits per heavy atom. The molecule has 2 heteroatoms. The average molecular weight is 194 g/mol. The Morgan fingerprint density at radius 1 is 1.07 bits per heavy atom. The number of hydrogen-bond acceptors (Lipinski definition) is 2. The van der Waals surface area contributed by atoms with Crippen LogP contribution in [0.15, 0.2) is 24.6 Å². The second kappa shape index (κ2) is 7.48. The van der Waals surface area contributed by atoms with E-state index in [2.05, 4.69) is 29.7 Å². The Balaban J connectivity index is 1.87. The van der Waals surface area contributed by atoms with Gasteiger partial charge in [-0.3, -0.25) is 0 Å². The fourth-order valence-corrected chi connectivity index (χ4v) is 1.56. The van der Waals surface area contributed by atoms with Gasteiger partial charge >= 0.3 is 0 Å². The van der Waals surface area contributed by atoms with Gasteiger partial charge in [0.05, 0.1) is 0 Å². The molecule has 0 saturated heterocycles. The molecule has 0 atom stereocenters. The van der Waals surface area contributed by atoms with Gasteiger partial charge in [0.1, 0.15) is 6.17 Å². The quantitative estimate of drug-likeness (QED) is 0.481. The molecule has 1 heterocycles. The summed E-state index contributed by atoms with van der Waals surface area (Å²) < 4.78 is 0. The van der Waals surface area contributed by atoms with Crippen molar-refractivity contribution in [1.29, 1.82) is 0 Å². The minimum atomic E-state index is 0.325. The number of nitrogens with one attached hydrogen (secondary N) is 2. The van der Waals surface area contributed by atoms with Gasteiger partial charge in [0, 0.05) is 12.4 Å². The van der Waals surface area contributed by atoms with Crippen LogP contribution >= 0.6 is 0 Å². The summed E-state index contributed by atoms with van der Waals surface area (Å²) in [7, 11) is 0. The maximum Gasteiger partial charge on any atom is 0.115 e. The monoisotopic (exact) mass is 194 g/mol. The summed E-state index contributed by atoms with van der Waals surface area (Å²) in [5, 5.41) is 6.38. The van der Waals surface area contributed by atoms with Crippen molar-refractivity contribution in [2.75, 3.05) is 0 Å². The summed E-state index contributed by atoms with van der Waals surface area (Å²) in [6.07, 6.45) is 16.7. The van der Waals surface area contributed by atoms with E-state index in [4.69, 9.17) is 0 Å². The van der Waals surface area contributed by atoms with E-state index in [1.807, 2.05) is 12.4 Å². The molecular weight excluding hydrogens is 172 g/mol. The molecular formula is C12H22N2. The zero-order valence-corrected chi connectivity index (χ0v) is 9.13. The molecule has 1 aliphatic heterocycles. The molecule has 0 unspecified atom stereocenters. The Labute approximate surface area is 87.5 Å². The summed E-state index contributed by atoms with van der Waals surface area (Å²) in [5.74, 6) is 0. The van der Waals surface area contributed by atoms with E-state index in [1.165, 1.54) is 38.5 Å². The van der Waals surface area contributed by atoms with Crippen molar-refractivity contribution in [2.24, 2.45) is 0 Å². The highest BCUT2D eigenvalue weighted by Gasteiger charge is 2.00. The summed E-state index contributed by atoms with van der Waals surface area (Å²) >= 11 is 0. The first kappa shape index (κ1) is 11.2. The van der Waals surface area contributed by atoms with Crippen LogP contribution in [0.25, 0.3) is 0 Å². The van der Waals surface area contributed by atoms with Crippen molar-refractivity contribution in [2.45, 2.75) is 51.6 Å². The van der Waals surface area contributed by atoms with Crippen LogP contribution in [0.1, 0.15) is 45.4 Å². The van der Waals surface area contributed by atoms with E-state index in [0.29, 0.717) is 6.17 Å². The van der Waals surface area contributed by atoms with Gasteiger partial charge in [0.25, 0.3) is 0 Å². The van der Waals surface area contributed by atoms with Crippen molar-refractivity contribution >= 4 is 0 Å². The molecule has 0 fully saturated rings. The lowest BCUT2D eigenvalue weighted by molar-refractivity contribution is 0.633. The van der Waals surface area contributed by atoms with E-state index < -0.39 is 0 Å². The Morgan fingerprint density at radius 2 is 1.79 bits per heavy atom. The second-order valence-electron chi connectivity index (χ2n) is 3.78. The van der Waals surface area contributed by atoms with Crippen LogP contribution in [0, 0.1) is 0 Å². The molecule has 2 nitrogen and oxygen atoms in total. The predicted octanol–water partition coefficient (Wildman–Crippen LogP) is 2.89. The summed E-state index contributed by atoms with van der Waals surface area (Å²) in [5.41, 5.74) is 0. The standard InChI is InChI=1S/C12H22N2/c1-2-3-4-5-6-7-8-9-12-13-10-11-14-12/h8-14H,2-7H2,1H3/b9-8+. The van der Waals surface area contributed by atoms with E-state index in [1.54, 1.807) is 0 Å². The van der Waals surface area contributed by atoms with E-state index in [0.717, 1.165) is 0 Å². The molecule has 1 rings (SSSR count). The maximum absolute atomic E-state index is 3.19. The minimum Gasteiger partial charge on any atom is -0.367 e. The van der Waals surface area contributed by atoms with Gasteiger partial charge in [-0.2, -0.15) is 0 Å². The summed E-state index contributed by atoms with van der Waals surface area (Å²) in [6, 6.07) is 0. The van der Waals surface area contributed by atoms with Gasteiger partial charge < -0.3 is 10.6 Å². The highest BCUT2D eigenvalue weighted by atomic mass is 15.1. The van der Waals surface area contributed by atoms with Crippen LogP contribution in [0.4, 0.5) is 0 Å². The van der Waals surface area contributed by atoms with Crippen molar-refractivity contribution in [3.05, 3.63) is 24.6 Å². The molecule has 0 spiro atoms. The highest BCUT2D eigenvalue weighted by molar-refractivity contribution is 5.01. The van der Waals surface area contributed by atoms with E-state index in [-0.39, 0.29) is 0 Å². The van der Waals surface area contributed by atoms with Crippen LogP contribution in [-0.4, -0.2) is 6.17 Å². The number of rotatable bonds is 7. The fourth-order valence-electron chi connectivity index (χ4n) is 1.56. The zero-order chi connectivity index (χ0) is 10.1. The predicted molar refractivity (Wildman–Crippen MR) is 61.7 cm³/mol. The lowest BCUT2D eigenvalue weighted by Crippen LogP contribution is -2.27. The summed E-state index contributed by atoms with van der Waals surface area (Å²) in [6.45, 7) is 2.25. The molecule has 0 amide bonds. The molecule has 14 heavy (non-hydrogen) atoms. The van der Waals surface area contributed by atoms with Crippen molar-refractivity contribution < 1.29 is 0 Å². The fraction of sp³-hybridized carbons (Fsp3) is 0.667. The van der Waals surface area contributed by atoms with Crippen LogP contribution in [-0.2, 0) is 0 Å². The Hall–Kier alpha value is -0.920. The third-order valence-corrected chi connectivity index (χ3v) is 2.44. The molecule has 0 aromatic rings. The third-order valence-electron chi connectivity index (χ3n) is 2.44. The molecule has 80 valence electrons. The minimum absolute atomic E-state index is 0.325. The van der Waals surface area contributed by atoms with Gasteiger partial charge in [-0.1, -0.05) is 38.7 Å². The van der Waals surface area contributed by atoms with Crippen molar-refractivity contribution in [1.82, 2.24) is 10.6 Å². The number of hydrogen-bond donors (Lipinski definition) is 2. The SMILES string of the molecule is CCCCCCC/C=C/C1NC=CN1. The average Bonchev–Trinajstić information content (AvgIpc) is 2.69. The number of allylic oxidation sites excluding steroid dienone is 1. The van der Waals surface area contributed by atoms with Gasteiger partial charge in [-0.05, 0) is 18.9 Å². The van der Waals surface area contributed by atoms with Crippen molar-refractivity contribution in [3.63, 3.8) is 0 Å². The van der Waals surface area contributed by atoms with E-state index >= 15 is 0 Å². The summed E-state index contributed by atoms with van der Waals surface area (Å²) in [4.78, 5) is 0. The van der Waals surface area contributed by atoms with Gasteiger partial charge in [-0.15, -0.1) is 0 Å². The Kier molecular flexibility index (Phi) is 5.96. The molecule has 1 aliphatic rings. The van der Waals surface area contributed by atoms with Crippen LogP contribution in [0.5, 0.6) is 0 Å². The van der Waals surface area contributed by atoms with Crippen LogP contribution < -0.4 is 10.6 Å². The smallest absolute Gasteiger partial charge is 0.115 e. The first-order valence-electron chi connectivity index (χ1n) is 5.77. The first-order valence-corrected chi connectivity index (χ1v) is 5.77. The molecule has 0 aromatic heterocycles. The normalized spacial score (nSPS) is 16.1. The van der Waals surface area contributed by atoms with Gasteiger partial charge in [0.15, 0.2) is 0 Å². The lowest BCUT2D eigenvalue weighted by Gasteiger charge is -2.05. The van der Waals surface area contributed by atoms with Crippen LogP contribution in [0.3, 0.4) is 0 Å². The molecule has 2 N–H and O–H groups in total. The molecule has 0 radical (unpaired) electrons. The van der Waals surface area contributed by atoms with Gasteiger partial charge in [0.2, 0.25) is 0 Å². The number of unbranched alkanes of at least 4 members (excludes halogenated alkanes) is 5. The van der Waals surface area contributed by atoms with Gasteiger partial charge in [-0.25, -0.2) is 0 Å². The van der Waals surface area contributed by atoms with Crippen LogP contribution in [0.2, 0.25) is 0 Å². The molecule has 0 aromatic carbocycles. The Bertz CT molecular complexity index is 177. The topological polar surface area (TPSA) is 24.1 Å². The second-order valence-corrected chi connectivity index (χ2v) is 3.78. The highest BCUT2D eigenvalue weighted by Crippen LogP contribution is 2.05. The van der Waals surface area contributed by atoms with Crippen molar-refractivity contribution in [3.8, 4) is 0 Å². The maximum atomic E-state index is 3.19.